The van der Waals surface area contributed by atoms with Crippen LogP contribution in [0.2, 0.25) is 0 Å². The molecule has 2 rings (SSSR count). The highest BCUT2D eigenvalue weighted by Crippen LogP contribution is 2.26. The fraction of sp³-hybridized carbons (Fsp3) is 0.941. The van der Waals surface area contributed by atoms with Crippen molar-refractivity contribution in [1.29, 1.82) is 0 Å². The predicted octanol–water partition coefficient (Wildman–Crippen LogP) is 2.48. The van der Waals surface area contributed by atoms with E-state index in [-0.39, 0.29) is 12.1 Å². The van der Waals surface area contributed by atoms with Crippen LogP contribution in [0.3, 0.4) is 0 Å². The van der Waals surface area contributed by atoms with E-state index < -0.39 is 21.9 Å². The minimum Gasteiger partial charge on any atom is -0.444 e. The fourth-order valence-electron chi connectivity index (χ4n) is 3.55. The minimum atomic E-state index is -3.48. The normalized spacial score (nSPS) is 25.4. The van der Waals surface area contributed by atoms with Gasteiger partial charge in [-0.3, -0.25) is 0 Å². The Balaban J connectivity index is 2.07. The van der Waals surface area contributed by atoms with E-state index in [9.17, 15) is 13.2 Å². The van der Waals surface area contributed by atoms with Crippen LogP contribution >= 0.6 is 0 Å². The molecule has 2 aliphatic heterocycles. The van der Waals surface area contributed by atoms with Crippen molar-refractivity contribution in [3.05, 3.63) is 0 Å². The van der Waals surface area contributed by atoms with Crippen LogP contribution in [0.25, 0.3) is 0 Å². The molecular formula is C17H33N3O4S. The zero-order valence-electron chi connectivity index (χ0n) is 16.0. The van der Waals surface area contributed by atoms with Crippen LogP contribution in [0.5, 0.6) is 0 Å². The highest BCUT2D eigenvalue weighted by atomic mass is 32.2. The summed E-state index contributed by atoms with van der Waals surface area (Å²) in [4.78, 5) is 12.1. The van der Waals surface area contributed by atoms with Gasteiger partial charge in [0, 0.05) is 31.7 Å². The summed E-state index contributed by atoms with van der Waals surface area (Å²) in [7, 11) is -3.48. The van der Waals surface area contributed by atoms with Crippen molar-refractivity contribution in [1.82, 2.24) is 13.9 Å². The highest BCUT2D eigenvalue weighted by Gasteiger charge is 2.39. The average Bonchev–Trinajstić information content (AvgIpc) is 2.53. The van der Waals surface area contributed by atoms with Crippen molar-refractivity contribution in [2.24, 2.45) is 0 Å². The summed E-state index contributed by atoms with van der Waals surface area (Å²) in [6, 6.07) is -0.525. The lowest BCUT2D eigenvalue weighted by Crippen LogP contribution is -2.58. The third-order valence-electron chi connectivity index (χ3n) is 4.76. The van der Waals surface area contributed by atoms with Gasteiger partial charge in [0.2, 0.25) is 0 Å². The molecule has 0 unspecified atom stereocenters. The fourth-order valence-corrected chi connectivity index (χ4v) is 5.56. The number of amides is 1. The number of alkyl carbamates (subject to hydrolysis) is 1. The van der Waals surface area contributed by atoms with Gasteiger partial charge in [0.1, 0.15) is 5.60 Å². The quantitative estimate of drug-likeness (QED) is 0.819. The van der Waals surface area contributed by atoms with E-state index in [4.69, 9.17) is 4.74 Å². The van der Waals surface area contributed by atoms with E-state index in [1.165, 1.54) is 0 Å². The topological polar surface area (TPSA) is 79.0 Å². The summed E-state index contributed by atoms with van der Waals surface area (Å²) in [6.07, 6.45) is 5.02. The van der Waals surface area contributed by atoms with E-state index in [1.54, 1.807) is 8.61 Å². The van der Waals surface area contributed by atoms with Crippen LogP contribution < -0.4 is 5.32 Å². The Hall–Kier alpha value is -0.860. The van der Waals surface area contributed by atoms with Crippen LogP contribution in [0, 0.1) is 0 Å². The largest absolute Gasteiger partial charge is 0.444 e. The Morgan fingerprint density at radius 1 is 1.08 bits per heavy atom. The Morgan fingerprint density at radius 3 is 2.28 bits per heavy atom. The molecule has 0 spiro atoms. The number of carbonyl (C=O) groups is 1. The Kier molecular flexibility index (Phi) is 6.73. The van der Waals surface area contributed by atoms with Crippen molar-refractivity contribution < 1.29 is 17.9 Å². The number of hydrogen-bond donors (Lipinski definition) is 1. The molecule has 146 valence electrons. The lowest BCUT2D eigenvalue weighted by molar-refractivity contribution is 0.0476. The Labute approximate surface area is 152 Å². The van der Waals surface area contributed by atoms with Crippen LogP contribution in [0.15, 0.2) is 0 Å². The zero-order valence-corrected chi connectivity index (χ0v) is 16.8. The molecule has 1 N–H and O–H groups in total. The molecule has 2 saturated heterocycles. The number of nitrogens with zero attached hydrogens (tertiary/aromatic N) is 2. The Morgan fingerprint density at radius 2 is 1.68 bits per heavy atom. The molecule has 2 heterocycles. The third kappa shape index (κ3) is 5.56. The molecular weight excluding hydrogens is 342 g/mol. The van der Waals surface area contributed by atoms with E-state index in [0.29, 0.717) is 19.6 Å². The highest BCUT2D eigenvalue weighted by molar-refractivity contribution is 7.86. The third-order valence-corrected chi connectivity index (χ3v) is 6.82. The van der Waals surface area contributed by atoms with Crippen LogP contribution in [-0.2, 0) is 14.9 Å². The Bertz CT molecular complexity index is 553. The number of rotatable bonds is 4. The van der Waals surface area contributed by atoms with Crippen LogP contribution in [-0.4, -0.2) is 60.4 Å². The van der Waals surface area contributed by atoms with Gasteiger partial charge in [0.05, 0.1) is 0 Å². The molecule has 2 atom stereocenters. The standard InChI is InChI=1S/C17H33N3O4S/c1-14(18-16(21)24-17(2,3)4)15-10-6-9-13-20(15)25(22,23)19-11-7-5-8-12-19/h14-15H,5-13H2,1-4H3,(H,18,21)/t14-,15-/m0/s1. The summed E-state index contributed by atoms with van der Waals surface area (Å²) in [5, 5.41) is 2.83. The number of hydrogen-bond acceptors (Lipinski definition) is 4. The second-order valence-electron chi connectivity index (χ2n) is 8.08. The zero-order chi connectivity index (χ0) is 18.7. The van der Waals surface area contributed by atoms with Gasteiger partial charge in [0.25, 0.3) is 10.2 Å². The molecule has 1 amide bonds. The van der Waals surface area contributed by atoms with Crippen LogP contribution in [0.1, 0.15) is 66.2 Å². The first-order chi connectivity index (χ1) is 11.6. The first-order valence-electron chi connectivity index (χ1n) is 9.38. The molecule has 25 heavy (non-hydrogen) atoms. The summed E-state index contributed by atoms with van der Waals surface area (Å²) >= 11 is 0. The summed E-state index contributed by atoms with van der Waals surface area (Å²) < 4.78 is 34.7. The molecule has 0 aromatic carbocycles. The van der Waals surface area contributed by atoms with E-state index in [1.807, 2.05) is 27.7 Å². The first kappa shape index (κ1) is 20.5. The number of ether oxygens (including phenoxy) is 1. The molecule has 2 fully saturated rings. The molecule has 0 radical (unpaired) electrons. The lowest BCUT2D eigenvalue weighted by Gasteiger charge is -2.41. The monoisotopic (exact) mass is 375 g/mol. The molecule has 0 bridgehead atoms. The maximum atomic E-state index is 13.1. The summed E-state index contributed by atoms with van der Waals surface area (Å²) in [5.41, 5.74) is -0.573. The lowest BCUT2D eigenvalue weighted by atomic mass is 9.99. The predicted molar refractivity (Wildman–Crippen MR) is 97.5 cm³/mol. The van der Waals surface area contributed by atoms with Gasteiger partial charge in [-0.15, -0.1) is 0 Å². The molecule has 2 aliphatic rings. The SMILES string of the molecule is C[C@H](NC(=O)OC(C)(C)C)[C@@H]1CCCCN1S(=O)(=O)N1CCCCC1. The molecule has 0 saturated carbocycles. The van der Waals surface area contributed by atoms with Crippen molar-refractivity contribution in [3.8, 4) is 0 Å². The summed E-state index contributed by atoms with van der Waals surface area (Å²) in [6.45, 7) is 9.00. The van der Waals surface area contributed by atoms with Gasteiger partial charge in [-0.2, -0.15) is 17.0 Å². The second-order valence-corrected chi connectivity index (χ2v) is 9.96. The summed E-state index contributed by atoms with van der Waals surface area (Å²) in [5.74, 6) is 0. The van der Waals surface area contributed by atoms with Crippen molar-refractivity contribution in [2.75, 3.05) is 19.6 Å². The first-order valence-corrected chi connectivity index (χ1v) is 10.8. The average molecular weight is 376 g/mol. The van der Waals surface area contributed by atoms with E-state index in [2.05, 4.69) is 5.32 Å². The van der Waals surface area contributed by atoms with Gasteiger partial charge in [-0.25, -0.2) is 4.79 Å². The second kappa shape index (κ2) is 8.22. The van der Waals surface area contributed by atoms with E-state index in [0.717, 1.165) is 38.5 Å². The van der Waals surface area contributed by atoms with Gasteiger partial charge >= 0.3 is 6.09 Å². The van der Waals surface area contributed by atoms with Crippen molar-refractivity contribution >= 4 is 16.3 Å². The molecule has 0 aliphatic carbocycles. The van der Waals surface area contributed by atoms with Gasteiger partial charge < -0.3 is 10.1 Å². The number of piperidine rings is 2. The minimum absolute atomic E-state index is 0.229. The number of carbonyl (C=O) groups excluding carboxylic acids is 1. The van der Waals surface area contributed by atoms with Crippen LogP contribution in [0.4, 0.5) is 4.79 Å². The maximum absolute atomic E-state index is 13.1. The van der Waals surface area contributed by atoms with Gasteiger partial charge in [-0.05, 0) is 53.4 Å². The van der Waals surface area contributed by atoms with Crippen molar-refractivity contribution in [2.45, 2.75) is 83.9 Å². The van der Waals surface area contributed by atoms with Gasteiger partial charge in [0.15, 0.2) is 0 Å². The molecule has 0 aromatic rings. The smallest absolute Gasteiger partial charge is 0.407 e. The molecule has 8 heteroatoms. The molecule has 7 nitrogen and oxygen atoms in total. The van der Waals surface area contributed by atoms with Gasteiger partial charge in [-0.1, -0.05) is 12.8 Å². The number of nitrogens with one attached hydrogen (secondary N) is 1. The van der Waals surface area contributed by atoms with Crippen molar-refractivity contribution in [3.63, 3.8) is 0 Å². The molecule has 0 aromatic heterocycles. The van der Waals surface area contributed by atoms with E-state index >= 15 is 0 Å². The maximum Gasteiger partial charge on any atom is 0.407 e.